The van der Waals surface area contributed by atoms with Gasteiger partial charge in [-0.1, -0.05) is 18.8 Å². The molecule has 0 aromatic heterocycles. The number of rotatable bonds is 4. The Labute approximate surface area is 161 Å². The molecule has 7 nitrogen and oxygen atoms in total. The van der Waals surface area contributed by atoms with Gasteiger partial charge in [-0.05, 0) is 39.1 Å². The SMILES string of the molecule is CNC[C@@H]1Oc2cc(C#C[C@@H](C)O)ccc2S(=O)(=O)N([C@H](C)CO)C[C@H]1C. The minimum atomic E-state index is -3.84. The largest absolute Gasteiger partial charge is 0.487 e. The van der Waals surface area contributed by atoms with Crippen molar-refractivity contribution in [2.45, 2.75) is 43.9 Å². The molecule has 0 spiro atoms. The Kier molecular flexibility index (Phi) is 7.25. The van der Waals surface area contributed by atoms with Crippen LogP contribution in [0.1, 0.15) is 26.3 Å². The van der Waals surface area contributed by atoms with Gasteiger partial charge in [-0.3, -0.25) is 0 Å². The van der Waals surface area contributed by atoms with Gasteiger partial charge in [0.25, 0.3) is 0 Å². The van der Waals surface area contributed by atoms with Crippen molar-refractivity contribution in [3.63, 3.8) is 0 Å². The number of hydrogen-bond acceptors (Lipinski definition) is 6. The summed E-state index contributed by atoms with van der Waals surface area (Å²) in [5.74, 6) is 5.60. The molecular formula is C19H28N2O5S. The number of benzene rings is 1. The van der Waals surface area contributed by atoms with Crippen molar-refractivity contribution in [2.75, 3.05) is 26.7 Å². The molecule has 4 atom stereocenters. The fourth-order valence-electron chi connectivity index (χ4n) is 2.94. The maximum Gasteiger partial charge on any atom is 0.247 e. The molecule has 8 heteroatoms. The number of nitrogens with zero attached hydrogens (tertiary/aromatic N) is 1. The minimum Gasteiger partial charge on any atom is -0.487 e. The highest BCUT2D eigenvalue weighted by Gasteiger charge is 2.37. The van der Waals surface area contributed by atoms with Crippen molar-refractivity contribution in [3.8, 4) is 17.6 Å². The summed E-state index contributed by atoms with van der Waals surface area (Å²) in [5, 5.41) is 22.0. The molecule has 0 radical (unpaired) electrons. The summed E-state index contributed by atoms with van der Waals surface area (Å²) < 4.78 is 33.8. The Morgan fingerprint density at radius 3 is 2.70 bits per heavy atom. The first kappa shape index (κ1) is 21.7. The van der Waals surface area contributed by atoms with E-state index in [1.165, 1.54) is 10.4 Å². The van der Waals surface area contributed by atoms with Crippen molar-refractivity contribution in [1.29, 1.82) is 0 Å². The van der Waals surface area contributed by atoms with Crippen LogP contribution in [0.25, 0.3) is 0 Å². The highest BCUT2D eigenvalue weighted by atomic mass is 32.2. The van der Waals surface area contributed by atoms with Crippen molar-refractivity contribution in [2.24, 2.45) is 5.92 Å². The third kappa shape index (κ3) is 5.00. The van der Waals surface area contributed by atoms with Crippen LogP contribution in [0.4, 0.5) is 0 Å². The number of sulfonamides is 1. The van der Waals surface area contributed by atoms with E-state index in [4.69, 9.17) is 4.74 Å². The molecular weight excluding hydrogens is 368 g/mol. The average Bonchev–Trinajstić information content (AvgIpc) is 2.62. The highest BCUT2D eigenvalue weighted by molar-refractivity contribution is 7.89. The maximum atomic E-state index is 13.2. The molecule has 2 rings (SSSR count). The average molecular weight is 397 g/mol. The Balaban J connectivity index is 2.60. The number of fused-ring (bicyclic) bond motifs is 1. The number of hydrogen-bond donors (Lipinski definition) is 3. The summed E-state index contributed by atoms with van der Waals surface area (Å²) in [6.07, 6.45) is -1.03. The van der Waals surface area contributed by atoms with Crippen LogP contribution in [0.15, 0.2) is 23.1 Å². The summed E-state index contributed by atoms with van der Waals surface area (Å²) in [5.41, 5.74) is 0.558. The van der Waals surface area contributed by atoms with Gasteiger partial charge in [0.05, 0.1) is 6.61 Å². The number of likely N-dealkylation sites (N-methyl/N-ethyl adjacent to an activating group) is 1. The Bertz CT molecular complexity index is 813. The van der Waals surface area contributed by atoms with Gasteiger partial charge in [-0.25, -0.2) is 8.42 Å². The van der Waals surface area contributed by atoms with Crippen LogP contribution >= 0.6 is 0 Å². The molecule has 0 fully saturated rings. The molecule has 0 bridgehead atoms. The third-order valence-corrected chi connectivity index (χ3v) is 6.52. The Hall–Kier alpha value is -1.63. The Morgan fingerprint density at radius 2 is 2.11 bits per heavy atom. The van der Waals surface area contributed by atoms with E-state index < -0.39 is 22.2 Å². The predicted molar refractivity (Wildman–Crippen MR) is 103 cm³/mol. The van der Waals surface area contributed by atoms with Gasteiger partial charge in [-0.15, -0.1) is 0 Å². The molecule has 1 heterocycles. The molecule has 150 valence electrons. The molecule has 3 N–H and O–H groups in total. The second kappa shape index (κ2) is 9.04. The molecule has 0 saturated heterocycles. The standard InChI is InChI=1S/C19H28N2O5S/c1-13-11-21(14(2)12-22)27(24,25)19-8-7-16(6-5-15(3)23)9-17(19)26-18(13)10-20-4/h7-9,13-15,18,20,22-23H,10-12H2,1-4H3/t13-,14-,15-,18+/m1/s1. The van der Waals surface area contributed by atoms with Crippen LogP contribution < -0.4 is 10.1 Å². The van der Waals surface area contributed by atoms with Gasteiger partial charge in [0.2, 0.25) is 10.0 Å². The molecule has 1 aromatic carbocycles. The van der Waals surface area contributed by atoms with E-state index >= 15 is 0 Å². The monoisotopic (exact) mass is 396 g/mol. The first-order valence-corrected chi connectivity index (χ1v) is 10.4. The van der Waals surface area contributed by atoms with Gasteiger partial charge in [0, 0.05) is 30.6 Å². The van der Waals surface area contributed by atoms with E-state index in [1.807, 2.05) is 14.0 Å². The molecule has 0 amide bonds. The normalized spacial score (nSPS) is 24.4. The fraction of sp³-hybridized carbons (Fsp3) is 0.579. The van der Waals surface area contributed by atoms with Gasteiger partial charge in [0.15, 0.2) is 0 Å². The molecule has 0 unspecified atom stereocenters. The second-order valence-electron chi connectivity index (χ2n) is 6.90. The van der Waals surface area contributed by atoms with E-state index in [0.717, 1.165) is 0 Å². The smallest absolute Gasteiger partial charge is 0.247 e. The molecule has 1 aliphatic rings. The van der Waals surface area contributed by atoms with Crippen molar-refractivity contribution in [3.05, 3.63) is 23.8 Å². The quantitative estimate of drug-likeness (QED) is 0.638. The lowest BCUT2D eigenvalue weighted by atomic mass is 10.0. The summed E-state index contributed by atoms with van der Waals surface area (Å²) in [6.45, 7) is 5.70. The predicted octanol–water partition coefficient (Wildman–Crippen LogP) is 0.407. The second-order valence-corrected chi connectivity index (χ2v) is 8.76. The maximum absolute atomic E-state index is 13.2. The van der Waals surface area contributed by atoms with Gasteiger partial charge >= 0.3 is 0 Å². The zero-order chi connectivity index (χ0) is 20.2. The van der Waals surface area contributed by atoms with E-state index in [-0.39, 0.29) is 35.8 Å². The molecule has 1 aromatic rings. The zero-order valence-electron chi connectivity index (χ0n) is 16.1. The van der Waals surface area contributed by atoms with Crippen LogP contribution in [-0.2, 0) is 10.0 Å². The number of ether oxygens (including phenoxy) is 1. The number of aliphatic hydroxyl groups excluding tert-OH is 2. The van der Waals surface area contributed by atoms with Gasteiger partial charge < -0.3 is 20.3 Å². The van der Waals surface area contributed by atoms with E-state index in [2.05, 4.69) is 17.2 Å². The number of aliphatic hydroxyl groups is 2. The molecule has 0 saturated carbocycles. The van der Waals surface area contributed by atoms with Crippen LogP contribution in [0.2, 0.25) is 0 Å². The van der Waals surface area contributed by atoms with Gasteiger partial charge in [-0.2, -0.15) is 4.31 Å². The van der Waals surface area contributed by atoms with Crippen LogP contribution in [0, 0.1) is 17.8 Å². The first-order chi connectivity index (χ1) is 12.7. The highest BCUT2D eigenvalue weighted by Crippen LogP contribution is 2.33. The van der Waals surface area contributed by atoms with E-state index in [1.54, 1.807) is 26.0 Å². The Morgan fingerprint density at radius 1 is 1.41 bits per heavy atom. The summed E-state index contributed by atoms with van der Waals surface area (Å²) in [6, 6.07) is 4.10. The lowest BCUT2D eigenvalue weighted by molar-refractivity contribution is 0.103. The first-order valence-electron chi connectivity index (χ1n) is 8.98. The van der Waals surface area contributed by atoms with Crippen molar-refractivity contribution < 1.29 is 23.4 Å². The minimum absolute atomic E-state index is 0.0541. The van der Waals surface area contributed by atoms with Crippen molar-refractivity contribution >= 4 is 10.0 Å². The molecule has 1 aliphatic heterocycles. The summed E-state index contributed by atoms with van der Waals surface area (Å²) in [4.78, 5) is 0.0541. The zero-order valence-corrected chi connectivity index (χ0v) is 17.0. The number of nitrogens with one attached hydrogen (secondary N) is 1. The van der Waals surface area contributed by atoms with Crippen LogP contribution in [0.5, 0.6) is 5.75 Å². The third-order valence-electron chi connectivity index (χ3n) is 4.50. The summed E-state index contributed by atoms with van der Waals surface area (Å²) >= 11 is 0. The molecule has 0 aliphatic carbocycles. The lowest BCUT2D eigenvalue weighted by Crippen LogP contribution is -2.49. The summed E-state index contributed by atoms with van der Waals surface area (Å²) in [7, 11) is -2.03. The van der Waals surface area contributed by atoms with Gasteiger partial charge in [0.1, 0.15) is 22.9 Å². The lowest BCUT2D eigenvalue weighted by Gasteiger charge is -2.36. The fourth-order valence-corrected chi connectivity index (χ4v) is 4.76. The topological polar surface area (TPSA) is 99.1 Å². The van der Waals surface area contributed by atoms with Crippen molar-refractivity contribution in [1.82, 2.24) is 9.62 Å². The van der Waals surface area contributed by atoms with Crippen LogP contribution in [0.3, 0.4) is 0 Å². The van der Waals surface area contributed by atoms with E-state index in [0.29, 0.717) is 12.1 Å². The van der Waals surface area contributed by atoms with E-state index in [9.17, 15) is 18.6 Å². The molecule has 27 heavy (non-hydrogen) atoms. The van der Waals surface area contributed by atoms with Crippen LogP contribution in [-0.4, -0.2) is 67.9 Å².